The van der Waals surface area contributed by atoms with E-state index in [1.807, 2.05) is 50.2 Å². The van der Waals surface area contributed by atoms with Crippen LogP contribution in [0.4, 0.5) is 5.82 Å². The van der Waals surface area contributed by atoms with Crippen molar-refractivity contribution in [3.8, 4) is 10.4 Å². The molecule has 1 aromatic carbocycles. The Morgan fingerprint density at radius 1 is 1.22 bits per heavy atom. The predicted molar refractivity (Wildman–Crippen MR) is 128 cm³/mol. The maximum atomic E-state index is 12.9. The van der Waals surface area contributed by atoms with Gasteiger partial charge in [0, 0.05) is 16.8 Å². The van der Waals surface area contributed by atoms with E-state index in [4.69, 9.17) is 5.73 Å². The van der Waals surface area contributed by atoms with Crippen LogP contribution in [0.3, 0.4) is 0 Å². The average molecular weight is 468 g/mol. The molecule has 0 bridgehead atoms. The van der Waals surface area contributed by atoms with E-state index in [0.717, 1.165) is 20.7 Å². The summed E-state index contributed by atoms with van der Waals surface area (Å²) in [6.07, 6.45) is 1.46. The Labute approximate surface area is 191 Å². The molecule has 0 aliphatic rings. The number of nitrogens with one attached hydrogen (secondary N) is 1. The summed E-state index contributed by atoms with van der Waals surface area (Å²) in [5.41, 5.74) is 5.55. The minimum Gasteiger partial charge on any atom is -0.384 e. The van der Waals surface area contributed by atoms with Gasteiger partial charge in [-0.05, 0) is 17.5 Å². The number of hydrogen-bond acceptors (Lipinski definition) is 8. The fourth-order valence-corrected chi connectivity index (χ4v) is 5.22. The Hall–Kier alpha value is -3.24. The lowest BCUT2D eigenvalue weighted by molar-refractivity contribution is 0.102. The van der Waals surface area contributed by atoms with E-state index in [9.17, 15) is 14.4 Å². The van der Waals surface area contributed by atoms with Gasteiger partial charge in [-0.3, -0.25) is 19.1 Å². The number of thioether (sulfide) groups is 1. The number of rotatable bonds is 7. The molecule has 164 valence electrons. The molecule has 0 aliphatic heterocycles. The highest BCUT2D eigenvalue weighted by Gasteiger charge is 2.21. The minimum absolute atomic E-state index is 0.0458. The minimum atomic E-state index is -0.771. The second-order valence-corrected chi connectivity index (χ2v) is 9.60. The molecule has 0 saturated carbocycles. The Morgan fingerprint density at radius 2 is 1.97 bits per heavy atom. The van der Waals surface area contributed by atoms with Crippen LogP contribution in [0.15, 0.2) is 57.3 Å². The Kier molecular flexibility index (Phi) is 6.24. The van der Waals surface area contributed by atoms with E-state index < -0.39 is 17.0 Å². The van der Waals surface area contributed by atoms with Crippen LogP contribution in [0, 0.1) is 5.92 Å². The molecule has 0 radical (unpaired) electrons. The molecule has 0 atom stereocenters. The van der Waals surface area contributed by atoms with E-state index >= 15 is 0 Å². The normalized spacial score (nSPS) is 11.3. The third-order valence-corrected chi connectivity index (χ3v) is 6.85. The topological polar surface area (TPSA) is 124 Å². The maximum absolute atomic E-state index is 12.9. The summed E-state index contributed by atoms with van der Waals surface area (Å²) in [7, 11) is 0. The molecule has 0 fully saturated rings. The summed E-state index contributed by atoms with van der Waals surface area (Å²) in [5.74, 6) is -0.496. The number of benzene rings is 1. The lowest BCUT2D eigenvalue weighted by Gasteiger charge is -2.13. The molecule has 0 spiro atoms. The van der Waals surface area contributed by atoms with Gasteiger partial charge in [0.2, 0.25) is 0 Å². The van der Waals surface area contributed by atoms with Crippen molar-refractivity contribution in [2.75, 3.05) is 11.5 Å². The van der Waals surface area contributed by atoms with Crippen molar-refractivity contribution in [3.05, 3.63) is 69.1 Å². The van der Waals surface area contributed by atoms with Crippen molar-refractivity contribution in [2.45, 2.75) is 25.4 Å². The van der Waals surface area contributed by atoms with E-state index in [0.29, 0.717) is 11.6 Å². The summed E-state index contributed by atoms with van der Waals surface area (Å²) in [4.78, 5) is 50.1. The van der Waals surface area contributed by atoms with Gasteiger partial charge >= 0.3 is 5.69 Å². The summed E-state index contributed by atoms with van der Waals surface area (Å²) in [6.45, 7) is 4.14. The van der Waals surface area contributed by atoms with Crippen molar-refractivity contribution in [2.24, 2.45) is 5.92 Å². The fraction of sp³-hybridized carbons (Fsp3) is 0.227. The second kappa shape index (κ2) is 9.09. The second-order valence-electron chi connectivity index (χ2n) is 7.61. The number of carbonyl (C=O) groups excluding carboxylic acids is 1. The number of Topliss-reactive ketones (excluding diaryl/α,β-unsaturated/α-hetero) is 1. The maximum Gasteiger partial charge on any atom is 0.329 e. The molecule has 3 N–H and O–H groups in total. The van der Waals surface area contributed by atoms with Gasteiger partial charge in [-0.25, -0.2) is 14.8 Å². The highest BCUT2D eigenvalue weighted by Crippen LogP contribution is 2.36. The van der Waals surface area contributed by atoms with Crippen molar-refractivity contribution in [1.29, 1.82) is 0 Å². The predicted octanol–water partition coefficient (Wildman–Crippen LogP) is 3.42. The first-order valence-corrected chi connectivity index (χ1v) is 11.7. The number of H-pyrrole nitrogens is 1. The molecule has 0 unspecified atom stereocenters. The number of aromatic nitrogens is 4. The highest BCUT2D eigenvalue weighted by molar-refractivity contribution is 8.00. The molecule has 0 amide bonds. The SMILES string of the molecule is CC(C)Cn1c(N)c(C(=O)CSc2ncnc3sc(-c4ccccc4)cc23)c(=O)[nH]c1=O. The van der Waals surface area contributed by atoms with E-state index in [2.05, 4.69) is 15.0 Å². The van der Waals surface area contributed by atoms with Gasteiger partial charge in [0.1, 0.15) is 27.6 Å². The number of ketones is 1. The van der Waals surface area contributed by atoms with Gasteiger partial charge < -0.3 is 5.73 Å². The molecule has 3 aromatic heterocycles. The zero-order chi connectivity index (χ0) is 22.8. The first-order valence-electron chi connectivity index (χ1n) is 9.93. The van der Waals surface area contributed by atoms with E-state index in [-0.39, 0.29) is 23.1 Å². The van der Waals surface area contributed by atoms with Crippen LogP contribution in [0.2, 0.25) is 0 Å². The first kappa shape index (κ1) is 22.0. The van der Waals surface area contributed by atoms with Gasteiger partial charge in [-0.15, -0.1) is 11.3 Å². The summed E-state index contributed by atoms with van der Waals surface area (Å²) >= 11 is 2.76. The molecule has 10 heteroatoms. The molecule has 4 aromatic rings. The summed E-state index contributed by atoms with van der Waals surface area (Å²) in [6, 6.07) is 12.0. The molecule has 8 nitrogen and oxygen atoms in total. The van der Waals surface area contributed by atoms with Gasteiger partial charge in [0.15, 0.2) is 5.78 Å². The molecule has 4 rings (SSSR count). The van der Waals surface area contributed by atoms with Gasteiger partial charge in [0.05, 0.1) is 5.75 Å². The van der Waals surface area contributed by atoms with Crippen LogP contribution in [0.1, 0.15) is 24.2 Å². The van der Waals surface area contributed by atoms with Crippen molar-refractivity contribution < 1.29 is 4.79 Å². The third kappa shape index (κ3) is 4.37. The number of hydrogen-bond donors (Lipinski definition) is 2. The quantitative estimate of drug-likeness (QED) is 0.242. The molecular weight excluding hydrogens is 446 g/mol. The fourth-order valence-electron chi connectivity index (χ4n) is 3.30. The largest absolute Gasteiger partial charge is 0.384 e. The first-order chi connectivity index (χ1) is 15.3. The van der Waals surface area contributed by atoms with E-state index in [1.165, 1.54) is 22.7 Å². The molecule has 32 heavy (non-hydrogen) atoms. The summed E-state index contributed by atoms with van der Waals surface area (Å²) in [5, 5.41) is 1.49. The number of nitrogens with two attached hydrogens (primary N) is 1. The van der Waals surface area contributed by atoms with Crippen LogP contribution in [-0.2, 0) is 6.54 Å². The molecule has 0 saturated heterocycles. The van der Waals surface area contributed by atoms with Gasteiger partial charge in [-0.2, -0.15) is 0 Å². The van der Waals surface area contributed by atoms with Crippen LogP contribution in [0.5, 0.6) is 0 Å². The number of carbonyl (C=O) groups is 1. The van der Waals surface area contributed by atoms with Crippen molar-refractivity contribution in [1.82, 2.24) is 19.5 Å². The average Bonchev–Trinajstić information content (AvgIpc) is 3.20. The van der Waals surface area contributed by atoms with Gasteiger partial charge in [-0.1, -0.05) is 55.9 Å². The Balaban J connectivity index is 1.62. The van der Waals surface area contributed by atoms with Crippen LogP contribution >= 0.6 is 23.1 Å². The Bertz CT molecular complexity index is 1410. The monoisotopic (exact) mass is 467 g/mol. The summed E-state index contributed by atoms with van der Waals surface area (Å²) < 4.78 is 1.23. The molecule has 0 aliphatic carbocycles. The molecule has 3 heterocycles. The zero-order valence-electron chi connectivity index (χ0n) is 17.5. The number of thiophene rings is 1. The number of nitrogen functional groups attached to an aromatic ring is 1. The van der Waals surface area contributed by atoms with Crippen molar-refractivity contribution >= 4 is 44.9 Å². The lowest BCUT2D eigenvalue weighted by Crippen LogP contribution is -2.37. The van der Waals surface area contributed by atoms with Crippen LogP contribution < -0.4 is 17.0 Å². The number of anilines is 1. The van der Waals surface area contributed by atoms with Crippen LogP contribution in [0.25, 0.3) is 20.7 Å². The number of aromatic amines is 1. The molecular formula is C22H21N5O3S2. The van der Waals surface area contributed by atoms with E-state index in [1.54, 1.807) is 11.3 Å². The highest BCUT2D eigenvalue weighted by atomic mass is 32.2. The third-order valence-electron chi connectivity index (χ3n) is 4.76. The van der Waals surface area contributed by atoms with Crippen LogP contribution in [-0.4, -0.2) is 31.1 Å². The Morgan fingerprint density at radius 3 is 2.69 bits per heavy atom. The number of fused-ring (bicyclic) bond motifs is 1. The standard InChI is InChI=1S/C22H21N5O3S2/c1-12(2)9-27-18(23)17(19(29)26-22(27)30)15(28)10-31-20-14-8-16(13-6-4-3-5-7-13)32-21(14)25-11-24-20/h3-8,11-12H,9-10,23H2,1-2H3,(H,26,29,30). The zero-order valence-corrected chi connectivity index (χ0v) is 19.1. The number of nitrogens with zero attached hydrogens (tertiary/aromatic N) is 3. The lowest BCUT2D eigenvalue weighted by atomic mass is 10.2. The van der Waals surface area contributed by atoms with Gasteiger partial charge in [0.25, 0.3) is 5.56 Å². The smallest absolute Gasteiger partial charge is 0.329 e. The van der Waals surface area contributed by atoms with Crippen molar-refractivity contribution in [3.63, 3.8) is 0 Å².